The molecule has 0 atom stereocenters. The van der Waals surface area contributed by atoms with E-state index in [-0.39, 0.29) is 61.7 Å². The molecular weight excluding hydrogens is 768 g/mol. The van der Waals surface area contributed by atoms with Gasteiger partial charge < -0.3 is 19.6 Å². The Morgan fingerprint density at radius 2 is 1.43 bits per heavy atom. The molecule has 0 amide bonds. The molecule has 42 heavy (non-hydrogen) atoms. The minimum Gasteiger partial charge on any atom is -0.540 e. The maximum atomic E-state index is 13.7. The number of benzene rings is 2. The van der Waals surface area contributed by atoms with Crippen molar-refractivity contribution in [3.63, 3.8) is 0 Å². The molecule has 0 saturated heterocycles. The third-order valence-corrected chi connectivity index (χ3v) is 5.13. The molecule has 0 radical (unpaired) electrons. The molecule has 0 spiro atoms. The smallest absolute Gasteiger partial charge is 0.417 e. The van der Waals surface area contributed by atoms with Crippen LogP contribution in [0.15, 0.2) is 54.4 Å². The topological polar surface area (TPSA) is 68.7 Å². The Morgan fingerprint density at radius 3 is 1.81 bits per heavy atom. The second-order valence-electron chi connectivity index (χ2n) is 8.25. The molecule has 15 heteroatoms. The van der Waals surface area contributed by atoms with Crippen LogP contribution in [0.1, 0.15) is 30.5 Å². The number of nitrogens with zero attached hydrogens (tertiary/aromatic N) is 1. The predicted octanol–water partition coefficient (Wildman–Crippen LogP) is 8.32. The number of methoxy groups -OCH3 is 2. The molecule has 0 fully saturated rings. The van der Waals surface area contributed by atoms with E-state index in [1.807, 2.05) is 0 Å². The van der Waals surface area contributed by atoms with Crippen molar-refractivity contribution in [1.82, 2.24) is 4.98 Å². The third kappa shape index (κ3) is 9.50. The SMILES string of the molecule is CC(=O)/C=C(/C)O.COc1c[c-]c(-c2cc(-c3c(C(F)(F)F)cc(C(F)(F)F)cc3C(F)(F)F)ccn2)c(OC)c1.[Pt]. The zero-order valence-electron chi connectivity index (χ0n) is 22.0. The van der Waals surface area contributed by atoms with Gasteiger partial charge in [0.2, 0.25) is 0 Å². The van der Waals surface area contributed by atoms with Gasteiger partial charge in [0.25, 0.3) is 0 Å². The molecule has 1 N–H and O–H groups in total. The maximum absolute atomic E-state index is 13.7. The van der Waals surface area contributed by atoms with Crippen molar-refractivity contribution in [2.75, 3.05) is 14.2 Å². The minimum atomic E-state index is -5.52. The van der Waals surface area contributed by atoms with Crippen LogP contribution in [0.25, 0.3) is 22.4 Å². The van der Waals surface area contributed by atoms with Crippen LogP contribution in [0.4, 0.5) is 39.5 Å². The summed E-state index contributed by atoms with van der Waals surface area (Å²) in [6.07, 6.45) is -14.4. The fourth-order valence-corrected chi connectivity index (χ4v) is 3.52. The van der Waals surface area contributed by atoms with Crippen LogP contribution in [0.5, 0.6) is 11.5 Å². The van der Waals surface area contributed by atoms with Crippen LogP contribution in [0.3, 0.4) is 0 Å². The van der Waals surface area contributed by atoms with Gasteiger partial charge in [-0.2, -0.15) is 39.5 Å². The Morgan fingerprint density at radius 1 is 0.881 bits per heavy atom. The van der Waals surface area contributed by atoms with E-state index >= 15 is 0 Å². The molecular formula is C27H21F9NO4Pt-. The summed E-state index contributed by atoms with van der Waals surface area (Å²) in [5, 5.41) is 8.36. The van der Waals surface area contributed by atoms with Gasteiger partial charge in [-0.05, 0) is 43.3 Å². The summed E-state index contributed by atoms with van der Waals surface area (Å²) in [6, 6.07) is 6.48. The number of aromatic nitrogens is 1. The predicted molar refractivity (Wildman–Crippen MR) is 129 cm³/mol. The van der Waals surface area contributed by atoms with Crippen LogP contribution >= 0.6 is 0 Å². The molecule has 0 saturated carbocycles. The first-order valence-corrected chi connectivity index (χ1v) is 11.2. The molecule has 0 aliphatic heterocycles. The van der Waals surface area contributed by atoms with Crippen LogP contribution < -0.4 is 9.47 Å². The van der Waals surface area contributed by atoms with Gasteiger partial charge in [0.1, 0.15) is 0 Å². The van der Waals surface area contributed by atoms with Gasteiger partial charge >= 0.3 is 18.5 Å². The van der Waals surface area contributed by atoms with Crippen LogP contribution in [-0.2, 0) is 44.4 Å². The van der Waals surface area contributed by atoms with Crippen molar-refractivity contribution in [2.45, 2.75) is 32.4 Å². The van der Waals surface area contributed by atoms with E-state index in [0.29, 0.717) is 5.75 Å². The van der Waals surface area contributed by atoms with Gasteiger partial charge in [0.15, 0.2) is 5.78 Å². The number of alkyl halides is 9. The van der Waals surface area contributed by atoms with E-state index in [1.165, 1.54) is 46.3 Å². The Bertz CT molecular complexity index is 1390. The minimum absolute atomic E-state index is 0. The first kappa shape index (κ1) is 36.5. The number of aliphatic hydroxyl groups is 1. The fraction of sp³-hybridized carbons (Fsp3) is 0.259. The Labute approximate surface area is 248 Å². The molecule has 5 nitrogen and oxygen atoms in total. The van der Waals surface area contributed by atoms with Crippen molar-refractivity contribution >= 4 is 5.78 Å². The first-order chi connectivity index (χ1) is 18.8. The second-order valence-corrected chi connectivity index (χ2v) is 8.25. The van der Waals surface area contributed by atoms with E-state index in [4.69, 9.17) is 14.6 Å². The zero-order chi connectivity index (χ0) is 31.3. The standard InChI is InChI=1S/C22H13F9NO2.C5H8O2.Pt/c1-33-13-3-4-14(18(10-13)34-2)17-7-11(5-6-32-17)19-15(21(26,27)28)8-12(20(23,24)25)9-16(19)22(29,30)31;1-4(6)3-5(2)7;/h3,5-10H,1-2H3;3,6H,1-2H3;/q-1;;/b;4-3-;. The molecule has 3 rings (SSSR count). The Balaban J connectivity index is 0.000000981. The number of halogens is 9. The summed E-state index contributed by atoms with van der Waals surface area (Å²) < 4.78 is 132. The third-order valence-electron chi connectivity index (χ3n) is 5.13. The number of pyridine rings is 1. The number of aliphatic hydroxyl groups excluding tert-OH is 1. The van der Waals surface area contributed by atoms with E-state index in [0.717, 1.165) is 18.3 Å². The number of carbonyl (C=O) groups excluding carboxylic acids is 1. The average molecular weight is 790 g/mol. The van der Waals surface area contributed by atoms with Crippen molar-refractivity contribution in [3.8, 4) is 33.9 Å². The summed E-state index contributed by atoms with van der Waals surface area (Å²) in [5.74, 6) is 0.342. The van der Waals surface area contributed by atoms with Gasteiger partial charge in [-0.25, -0.2) is 0 Å². The number of hydrogen-bond donors (Lipinski definition) is 1. The van der Waals surface area contributed by atoms with Gasteiger partial charge in [-0.3, -0.25) is 4.79 Å². The average Bonchev–Trinajstić information content (AvgIpc) is 2.85. The van der Waals surface area contributed by atoms with Crippen molar-refractivity contribution in [3.05, 3.63) is 77.2 Å². The largest absolute Gasteiger partial charge is 0.540 e. The van der Waals surface area contributed by atoms with E-state index in [9.17, 15) is 44.3 Å². The van der Waals surface area contributed by atoms with E-state index in [1.54, 1.807) is 0 Å². The van der Waals surface area contributed by atoms with Gasteiger partial charge in [-0.1, -0.05) is 17.7 Å². The monoisotopic (exact) mass is 789 g/mol. The molecule has 3 aromatic rings. The van der Waals surface area contributed by atoms with Gasteiger partial charge in [-0.15, -0.1) is 12.1 Å². The zero-order valence-corrected chi connectivity index (χ0v) is 24.2. The molecule has 0 bridgehead atoms. The molecule has 0 aliphatic rings. The first-order valence-electron chi connectivity index (χ1n) is 11.2. The number of allylic oxidation sites excluding steroid dienone is 2. The molecule has 2 aromatic carbocycles. The van der Waals surface area contributed by atoms with Gasteiger partial charge in [0.05, 0.1) is 36.7 Å². The molecule has 0 aliphatic carbocycles. The Kier molecular flexibility index (Phi) is 12.2. The number of ketones is 1. The maximum Gasteiger partial charge on any atom is 0.417 e. The molecule has 0 unspecified atom stereocenters. The second kappa shape index (κ2) is 14.1. The molecule has 232 valence electrons. The normalized spacial score (nSPS) is 12.1. The van der Waals surface area contributed by atoms with Crippen LogP contribution in [0, 0.1) is 6.07 Å². The number of carbonyl (C=O) groups is 1. The summed E-state index contributed by atoms with van der Waals surface area (Å²) in [7, 11) is 2.61. The van der Waals surface area contributed by atoms with Gasteiger partial charge in [0, 0.05) is 50.4 Å². The van der Waals surface area contributed by atoms with Crippen molar-refractivity contribution in [2.24, 2.45) is 0 Å². The molecule has 1 heterocycles. The van der Waals surface area contributed by atoms with Crippen molar-refractivity contribution in [1.29, 1.82) is 0 Å². The molecule has 1 aromatic heterocycles. The quantitative estimate of drug-likeness (QED) is 0.122. The van der Waals surface area contributed by atoms with Crippen molar-refractivity contribution < 1.29 is 80.0 Å². The number of rotatable bonds is 5. The summed E-state index contributed by atoms with van der Waals surface area (Å²) in [5.41, 5.74) is -8.39. The fourth-order valence-electron chi connectivity index (χ4n) is 3.52. The number of hydrogen-bond acceptors (Lipinski definition) is 5. The number of ether oxygens (including phenoxy) is 2. The summed E-state index contributed by atoms with van der Waals surface area (Å²) in [4.78, 5) is 14.0. The van der Waals surface area contributed by atoms with Crippen LogP contribution in [0.2, 0.25) is 0 Å². The van der Waals surface area contributed by atoms with Crippen LogP contribution in [-0.4, -0.2) is 30.1 Å². The van der Waals surface area contributed by atoms with E-state index < -0.39 is 46.3 Å². The van der Waals surface area contributed by atoms with E-state index in [2.05, 4.69) is 11.1 Å². The summed E-state index contributed by atoms with van der Waals surface area (Å²) >= 11 is 0. The summed E-state index contributed by atoms with van der Waals surface area (Å²) in [6.45, 7) is 2.85. The Hall–Kier alpha value is -3.54.